The number of aryl methyl sites for hydroxylation is 2. The summed E-state index contributed by atoms with van der Waals surface area (Å²) in [6, 6.07) is 10.6. The van der Waals surface area contributed by atoms with Crippen molar-refractivity contribution in [2.45, 2.75) is 13.8 Å². The average molecular weight is 493 g/mol. The molecule has 4 heterocycles. The maximum Gasteiger partial charge on any atom is 0.327 e. The van der Waals surface area contributed by atoms with E-state index in [9.17, 15) is 20.2 Å². The van der Waals surface area contributed by atoms with Gasteiger partial charge in [0, 0.05) is 20.9 Å². The van der Waals surface area contributed by atoms with Crippen LogP contribution in [0.4, 0.5) is 10.0 Å². The lowest BCUT2D eigenvalue weighted by Crippen LogP contribution is -1.94. The van der Waals surface area contributed by atoms with Crippen molar-refractivity contribution in [2.75, 3.05) is 0 Å². The van der Waals surface area contributed by atoms with E-state index in [4.69, 9.17) is 0 Å². The molecule has 4 rings (SSSR count). The second-order valence-corrected chi connectivity index (χ2v) is 9.27. The van der Waals surface area contributed by atoms with Crippen molar-refractivity contribution >= 4 is 57.0 Å². The van der Waals surface area contributed by atoms with E-state index >= 15 is 0 Å². The molecule has 0 atom stereocenters. The zero-order valence-corrected chi connectivity index (χ0v) is 19.5. The third-order valence-electron chi connectivity index (χ3n) is 4.62. The molecular formula is C22H16N6O4S2. The molecule has 0 N–H and O–H groups in total. The van der Waals surface area contributed by atoms with E-state index in [0.717, 1.165) is 32.4 Å². The largest absolute Gasteiger partial charge is 0.327 e. The second-order valence-electron chi connectivity index (χ2n) is 7.14. The third kappa shape index (κ3) is 5.24. The van der Waals surface area contributed by atoms with Gasteiger partial charge in [-0.3, -0.25) is 20.2 Å². The molecular weight excluding hydrogens is 476 g/mol. The van der Waals surface area contributed by atoms with Crippen LogP contribution in [0, 0.1) is 34.1 Å². The predicted octanol–water partition coefficient (Wildman–Crippen LogP) is 5.83. The maximum atomic E-state index is 11.0. The standard InChI is InChI=1S/C22H16N6O4S2/c1-13-11-17(33-21(13)27(29)30)7-3-15-5-9-19(25-23-15)20-10-6-16(24-26-20)4-8-18-12-14(2)22(34-18)28(31)32/h3-12H,1-2H3. The topological polar surface area (TPSA) is 138 Å². The lowest BCUT2D eigenvalue weighted by atomic mass is 10.2. The van der Waals surface area contributed by atoms with Gasteiger partial charge in [-0.2, -0.15) is 10.2 Å². The van der Waals surface area contributed by atoms with Gasteiger partial charge >= 0.3 is 10.0 Å². The maximum absolute atomic E-state index is 11.0. The molecule has 0 unspecified atom stereocenters. The predicted molar refractivity (Wildman–Crippen MR) is 132 cm³/mol. The van der Waals surface area contributed by atoms with Crippen LogP contribution < -0.4 is 0 Å². The number of hydrogen-bond acceptors (Lipinski definition) is 10. The van der Waals surface area contributed by atoms with Gasteiger partial charge in [0.1, 0.15) is 11.4 Å². The number of rotatable bonds is 7. The molecule has 0 aliphatic carbocycles. The van der Waals surface area contributed by atoms with E-state index in [1.807, 2.05) is 0 Å². The Morgan fingerprint density at radius 3 is 1.38 bits per heavy atom. The van der Waals surface area contributed by atoms with Crippen LogP contribution in [-0.2, 0) is 0 Å². The molecule has 10 nitrogen and oxygen atoms in total. The number of aromatic nitrogens is 4. The summed E-state index contributed by atoms with van der Waals surface area (Å²) >= 11 is 2.21. The summed E-state index contributed by atoms with van der Waals surface area (Å²) in [6.07, 6.45) is 7.00. The molecule has 0 saturated carbocycles. The second kappa shape index (κ2) is 9.77. The Morgan fingerprint density at radius 1 is 0.676 bits per heavy atom. The lowest BCUT2D eigenvalue weighted by Gasteiger charge is -1.99. The molecule has 12 heteroatoms. The number of hydrogen-bond donors (Lipinski definition) is 0. The zero-order chi connectivity index (χ0) is 24.2. The van der Waals surface area contributed by atoms with Crippen molar-refractivity contribution in [1.82, 2.24) is 20.4 Å². The van der Waals surface area contributed by atoms with Gasteiger partial charge in [0.2, 0.25) is 0 Å². The summed E-state index contributed by atoms with van der Waals surface area (Å²) in [4.78, 5) is 22.7. The van der Waals surface area contributed by atoms with E-state index in [0.29, 0.717) is 33.9 Å². The fourth-order valence-corrected chi connectivity index (χ4v) is 4.77. The minimum absolute atomic E-state index is 0.129. The summed E-state index contributed by atoms with van der Waals surface area (Å²) in [5, 5.41) is 38.9. The molecule has 4 aromatic rings. The molecule has 4 aromatic heterocycles. The quantitative estimate of drug-likeness (QED) is 0.232. The smallest absolute Gasteiger partial charge is 0.258 e. The highest BCUT2D eigenvalue weighted by molar-refractivity contribution is 7.16. The van der Waals surface area contributed by atoms with Gasteiger partial charge < -0.3 is 0 Å². The van der Waals surface area contributed by atoms with E-state index in [1.54, 1.807) is 74.5 Å². The van der Waals surface area contributed by atoms with Crippen molar-refractivity contribution < 1.29 is 9.85 Å². The Bertz CT molecular complexity index is 1310. The van der Waals surface area contributed by atoms with E-state index in [1.165, 1.54) is 0 Å². The van der Waals surface area contributed by atoms with Gasteiger partial charge in [0.25, 0.3) is 0 Å². The van der Waals surface area contributed by atoms with Gasteiger partial charge in [-0.05, 0) is 74.5 Å². The molecule has 0 amide bonds. The van der Waals surface area contributed by atoms with Crippen molar-refractivity contribution in [3.63, 3.8) is 0 Å². The Balaban J connectivity index is 1.43. The number of thiophene rings is 2. The van der Waals surface area contributed by atoms with Crippen LogP contribution in [0.25, 0.3) is 35.7 Å². The van der Waals surface area contributed by atoms with Crippen molar-refractivity contribution in [3.05, 3.63) is 88.9 Å². The average Bonchev–Trinajstić information content (AvgIpc) is 3.39. The molecule has 34 heavy (non-hydrogen) atoms. The summed E-state index contributed by atoms with van der Waals surface area (Å²) in [7, 11) is 0. The SMILES string of the molecule is Cc1cc(C=Cc2ccc(-c3ccc(C=Cc4cc(C)c([N+](=O)[O-])s4)nn3)nn2)sc1[N+](=O)[O-]. The molecule has 0 aliphatic rings. The fourth-order valence-electron chi connectivity index (χ4n) is 2.99. The molecule has 0 aliphatic heterocycles. The molecule has 0 spiro atoms. The summed E-state index contributed by atoms with van der Waals surface area (Å²) in [5.41, 5.74) is 3.55. The Labute approximate surface area is 201 Å². The normalized spacial score (nSPS) is 11.5. The van der Waals surface area contributed by atoms with Crippen LogP contribution in [0.1, 0.15) is 32.3 Å². The van der Waals surface area contributed by atoms with Crippen LogP contribution in [0.15, 0.2) is 36.4 Å². The Morgan fingerprint density at radius 2 is 1.09 bits per heavy atom. The van der Waals surface area contributed by atoms with E-state index in [-0.39, 0.29) is 19.8 Å². The van der Waals surface area contributed by atoms with Crippen molar-refractivity contribution in [2.24, 2.45) is 0 Å². The summed E-state index contributed by atoms with van der Waals surface area (Å²) < 4.78 is 0. The highest BCUT2D eigenvalue weighted by Gasteiger charge is 2.15. The van der Waals surface area contributed by atoms with Gasteiger partial charge in [-0.25, -0.2) is 0 Å². The van der Waals surface area contributed by atoms with Crippen molar-refractivity contribution in [3.8, 4) is 11.4 Å². The zero-order valence-electron chi connectivity index (χ0n) is 17.9. The number of nitro groups is 2. The first-order valence-electron chi connectivity index (χ1n) is 9.84. The van der Waals surface area contributed by atoms with Gasteiger partial charge in [-0.1, -0.05) is 22.7 Å². The highest BCUT2D eigenvalue weighted by atomic mass is 32.1. The van der Waals surface area contributed by atoms with Crippen LogP contribution >= 0.6 is 22.7 Å². The van der Waals surface area contributed by atoms with Gasteiger partial charge in [-0.15, -0.1) is 10.2 Å². The third-order valence-corrected chi connectivity index (χ3v) is 6.93. The molecule has 0 bridgehead atoms. The minimum Gasteiger partial charge on any atom is -0.258 e. The molecule has 0 radical (unpaired) electrons. The van der Waals surface area contributed by atoms with Gasteiger partial charge in [0.15, 0.2) is 0 Å². The minimum atomic E-state index is -0.386. The molecule has 0 saturated heterocycles. The Hall–Kier alpha value is -4.16. The first-order valence-corrected chi connectivity index (χ1v) is 11.5. The summed E-state index contributed by atoms with van der Waals surface area (Å²) in [5.74, 6) is 0. The first kappa shape index (κ1) is 23.0. The van der Waals surface area contributed by atoms with Crippen LogP contribution in [-0.4, -0.2) is 30.2 Å². The molecule has 170 valence electrons. The first-order chi connectivity index (χ1) is 16.3. The molecule has 0 aromatic carbocycles. The van der Waals surface area contributed by atoms with Crippen LogP contribution in [0.2, 0.25) is 0 Å². The number of nitrogens with zero attached hydrogens (tertiary/aromatic N) is 6. The van der Waals surface area contributed by atoms with E-state index in [2.05, 4.69) is 20.4 Å². The summed E-state index contributed by atoms with van der Waals surface area (Å²) in [6.45, 7) is 3.41. The van der Waals surface area contributed by atoms with Crippen molar-refractivity contribution in [1.29, 1.82) is 0 Å². The van der Waals surface area contributed by atoms with Crippen LogP contribution in [0.3, 0.4) is 0 Å². The monoisotopic (exact) mass is 492 g/mol. The lowest BCUT2D eigenvalue weighted by molar-refractivity contribution is -0.380. The molecule has 0 fully saturated rings. The Kier molecular flexibility index (Phi) is 6.61. The van der Waals surface area contributed by atoms with E-state index < -0.39 is 0 Å². The highest BCUT2D eigenvalue weighted by Crippen LogP contribution is 2.31. The van der Waals surface area contributed by atoms with Crippen LogP contribution in [0.5, 0.6) is 0 Å². The fraction of sp³-hybridized carbons (Fsp3) is 0.0909. The van der Waals surface area contributed by atoms with Gasteiger partial charge in [0.05, 0.1) is 21.2 Å².